The van der Waals surface area contributed by atoms with E-state index in [2.05, 4.69) is 4.90 Å². The molecular formula is C14H21ClNO2-. The molecule has 0 fully saturated rings. The van der Waals surface area contributed by atoms with Gasteiger partial charge in [-0.1, -0.05) is 30.3 Å². The Morgan fingerprint density at radius 2 is 1.89 bits per heavy atom. The van der Waals surface area contributed by atoms with Gasteiger partial charge >= 0.3 is 5.97 Å². The van der Waals surface area contributed by atoms with Crippen molar-refractivity contribution in [2.75, 3.05) is 27.2 Å². The molecule has 0 heterocycles. The minimum Gasteiger partial charge on any atom is -1.00 e. The Kier molecular flexibility index (Phi) is 9.33. The Morgan fingerprint density at radius 1 is 1.22 bits per heavy atom. The Morgan fingerprint density at radius 3 is 2.50 bits per heavy atom. The summed E-state index contributed by atoms with van der Waals surface area (Å²) < 4.78 is 5.15. The van der Waals surface area contributed by atoms with Crippen molar-refractivity contribution >= 4 is 5.97 Å². The fourth-order valence-corrected chi connectivity index (χ4v) is 1.53. The van der Waals surface area contributed by atoms with E-state index in [1.165, 1.54) is 5.56 Å². The summed E-state index contributed by atoms with van der Waals surface area (Å²) in [6, 6.07) is 10.00. The summed E-state index contributed by atoms with van der Waals surface area (Å²) in [6.45, 7) is 1.47. The summed E-state index contributed by atoms with van der Waals surface area (Å²) in [4.78, 5) is 13.5. The molecule has 0 radical (unpaired) electrons. The summed E-state index contributed by atoms with van der Waals surface area (Å²) in [5.74, 6) is -0.104. The van der Waals surface area contributed by atoms with Crippen LogP contribution in [0, 0.1) is 0 Å². The largest absolute Gasteiger partial charge is 1.00 e. The SMILES string of the molecule is CN(C)CCCOC(=O)CCc1ccccc1.[Cl-]. The second-order valence-electron chi connectivity index (χ2n) is 4.36. The molecule has 0 amide bonds. The van der Waals surface area contributed by atoms with Gasteiger partial charge in [0.1, 0.15) is 0 Å². The number of rotatable bonds is 7. The summed E-state index contributed by atoms with van der Waals surface area (Å²) in [5, 5.41) is 0. The summed E-state index contributed by atoms with van der Waals surface area (Å²) in [7, 11) is 4.02. The van der Waals surface area contributed by atoms with Crippen molar-refractivity contribution in [2.24, 2.45) is 0 Å². The fourth-order valence-electron chi connectivity index (χ4n) is 1.53. The van der Waals surface area contributed by atoms with Crippen molar-refractivity contribution in [1.82, 2.24) is 4.90 Å². The number of ether oxygens (including phenoxy) is 1. The minimum absolute atomic E-state index is 0. The molecule has 1 aromatic carbocycles. The van der Waals surface area contributed by atoms with Gasteiger partial charge in [0.15, 0.2) is 0 Å². The van der Waals surface area contributed by atoms with Crippen LogP contribution in [0.3, 0.4) is 0 Å². The van der Waals surface area contributed by atoms with E-state index in [0.717, 1.165) is 19.4 Å². The van der Waals surface area contributed by atoms with Crippen molar-refractivity contribution in [3.05, 3.63) is 35.9 Å². The van der Waals surface area contributed by atoms with E-state index in [0.29, 0.717) is 13.0 Å². The highest BCUT2D eigenvalue weighted by Gasteiger charge is 2.03. The second-order valence-corrected chi connectivity index (χ2v) is 4.36. The number of nitrogens with zero attached hydrogens (tertiary/aromatic N) is 1. The maximum Gasteiger partial charge on any atom is 0.306 e. The highest BCUT2D eigenvalue weighted by molar-refractivity contribution is 5.69. The highest BCUT2D eigenvalue weighted by atomic mass is 35.5. The van der Waals surface area contributed by atoms with Crippen molar-refractivity contribution < 1.29 is 21.9 Å². The van der Waals surface area contributed by atoms with E-state index >= 15 is 0 Å². The third kappa shape index (κ3) is 8.09. The zero-order valence-electron chi connectivity index (χ0n) is 11.1. The van der Waals surface area contributed by atoms with E-state index < -0.39 is 0 Å². The van der Waals surface area contributed by atoms with Crippen LogP contribution in [-0.4, -0.2) is 38.1 Å². The lowest BCUT2D eigenvalue weighted by atomic mass is 10.1. The molecule has 0 spiro atoms. The van der Waals surface area contributed by atoms with Crippen LogP contribution in [0.1, 0.15) is 18.4 Å². The molecule has 0 saturated carbocycles. The average Bonchev–Trinajstić information content (AvgIpc) is 2.33. The normalized spacial score (nSPS) is 9.94. The number of hydrogen-bond acceptors (Lipinski definition) is 3. The smallest absolute Gasteiger partial charge is 0.306 e. The van der Waals surface area contributed by atoms with Crippen LogP contribution in [-0.2, 0) is 16.0 Å². The molecule has 102 valence electrons. The van der Waals surface area contributed by atoms with Crippen molar-refractivity contribution in [3.63, 3.8) is 0 Å². The van der Waals surface area contributed by atoms with E-state index in [1.807, 2.05) is 44.4 Å². The lowest BCUT2D eigenvalue weighted by Gasteiger charge is -2.09. The van der Waals surface area contributed by atoms with Gasteiger partial charge in [-0.3, -0.25) is 4.79 Å². The number of carbonyl (C=O) groups is 1. The third-order valence-corrected chi connectivity index (χ3v) is 2.47. The van der Waals surface area contributed by atoms with Crippen LogP contribution in [0.4, 0.5) is 0 Å². The van der Waals surface area contributed by atoms with Gasteiger partial charge in [0.2, 0.25) is 0 Å². The molecule has 4 heteroatoms. The first kappa shape index (κ1) is 16.9. The van der Waals surface area contributed by atoms with Crippen LogP contribution < -0.4 is 12.4 Å². The maximum atomic E-state index is 11.4. The summed E-state index contributed by atoms with van der Waals surface area (Å²) in [5.41, 5.74) is 1.18. The Balaban J connectivity index is 0.00000289. The first-order valence-electron chi connectivity index (χ1n) is 6.03. The zero-order chi connectivity index (χ0) is 12.5. The molecule has 0 aliphatic carbocycles. The first-order chi connectivity index (χ1) is 8.18. The predicted molar refractivity (Wildman–Crippen MR) is 68.9 cm³/mol. The molecule has 0 aliphatic heterocycles. The third-order valence-electron chi connectivity index (χ3n) is 2.47. The highest BCUT2D eigenvalue weighted by Crippen LogP contribution is 2.03. The van der Waals surface area contributed by atoms with E-state index in [1.54, 1.807) is 0 Å². The molecule has 3 nitrogen and oxygen atoms in total. The number of halogens is 1. The molecule has 1 rings (SSSR count). The molecule has 0 unspecified atom stereocenters. The number of esters is 1. The van der Waals surface area contributed by atoms with Crippen LogP contribution >= 0.6 is 0 Å². The molecule has 0 saturated heterocycles. The maximum absolute atomic E-state index is 11.4. The summed E-state index contributed by atoms with van der Waals surface area (Å²) >= 11 is 0. The molecule has 0 aromatic heterocycles. The van der Waals surface area contributed by atoms with Gasteiger partial charge in [0.05, 0.1) is 6.61 Å². The monoisotopic (exact) mass is 270 g/mol. The van der Waals surface area contributed by atoms with Gasteiger partial charge in [0, 0.05) is 13.0 Å². The Hall–Kier alpha value is -1.06. The lowest BCUT2D eigenvalue weighted by molar-refractivity contribution is -0.143. The standard InChI is InChI=1S/C14H21NO2.ClH/c1-15(2)11-6-12-17-14(16)10-9-13-7-4-3-5-8-13;/h3-5,7-8H,6,9-12H2,1-2H3;1H/p-1. The van der Waals surface area contributed by atoms with Crippen LogP contribution in [0.15, 0.2) is 30.3 Å². The molecule has 18 heavy (non-hydrogen) atoms. The Labute approximate surface area is 116 Å². The molecule has 0 atom stereocenters. The van der Waals surface area contributed by atoms with Crippen LogP contribution in [0.25, 0.3) is 0 Å². The number of carbonyl (C=O) groups excluding carboxylic acids is 1. The topological polar surface area (TPSA) is 29.5 Å². The van der Waals surface area contributed by atoms with Crippen LogP contribution in [0.5, 0.6) is 0 Å². The van der Waals surface area contributed by atoms with Crippen molar-refractivity contribution in [3.8, 4) is 0 Å². The van der Waals surface area contributed by atoms with Gasteiger partial charge in [-0.15, -0.1) is 0 Å². The van der Waals surface area contributed by atoms with Gasteiger partial charge in [-0.2, -0.15) is 0 Å². The minimum atomic E-state index is -0.104. The quantitative estimate of drug-likeness (QED) is 0.476. The molecular weight excluding hydrogens is 250 g/mol. The van der Waals surface area contributed by atoms with E-state index in [9.17, 15) is 4.79 Å². The first-order valence-corrected chi connectivity index (χ1v) is 6.03. The molecule has 0 bridgehead atoms. The van der Waals surface area contributed by atoms with E-state index in [-0.39, 0.29) is 18.4 Å². The zero-order valence-corrected chi connectivity index (χ0v) is 11.8. The van der Waals surface area contributed by atoms with Gasteiger partial charge in [-0.25, -0.2) is 0 Å². The average molecular weight is 271 g/mol. The Bertz CT molecular complexity index is 328. The van der Waals surface area contributed by atoms with Gasteiger partial charge in [-0.05, 0) is 32.5 Å². The van der Waals surface area contributed by atoms with Gasteiger partial charge < -0.3 is 22.0 Å². The van der Waals surface area contributed by atoms with Gasteiger partial charge in [0.25, 0.3) is 0 Å². The van der Waals surface area contributed by atoms with Crippen molar-refractivity contribution in [1.29, 1.82) is 0 Å². The summed E-state index contributed by atoms with van der Waals surface area (Å²) in [6.07, 6.45) is 2.11. The van der Waals surface area contributed by atoms with E-state index in [4.69, 9.17) is 4.74 Å². The van der Waals surface area contributed by atoms with Crippen molar-refractivity contribution in [2.45, 2.75) is 19.3 Å². The predicted octanol–water partition coefficient (Wildman–Crippen LogP) is -0.882. The fraction of sp³-hybridized carbons (Fsp3) is 0.500. The second kappa shape index (κ2) is 9.92. The number of benzene rings is 1. The number of hydrogen-bond donors (Lipinski definition) is 0. The lowest BCUT2D eigenvalue weighted by Crippen LogP contribution is -3.00. The molecule has 0 N–H and O–H groups in total. The molecule has 1 aromatic rings. The van der Waals surface area contributed by atoms with Crippen LogP contribution in [0.2, 0.25) is 0 Å². The molecule has 0 aliphatic rings. The number of aryl methyl sites for hydroxylation is 1.